The van der Waals surface area contributed by atoms with Crippen molar-refractivity contribution in [2.24, 2.45) is 5.73 Å². The molecule has 0 saturated carbocycles. The smallest absolute Gasteiger partial charge is 0.251 e. The standard InChI is InChI=1S/C16H18FN5O/c1-2-21-5-3-4-13(21)11-8-19-22-14-10(15(18)23)6-9(17)7-12(14)20-16(11)22/h6-8,13,20H,2-5H2,1H3,(H2,18,23). The third-order valence-electron chi connectivity index (χ3n) is 4.73. The van der Waals surface area contributed by atoms with Gasteiger partial charge in [0.05, 0.1) is 17.3 Å². The number of primary amides is 1. The number of nitrogens with zero attached hydrogens (tertiary/aromatic N) is 3. The number of H-pyrrole nitrogens is 1. The van der Waals surface area contributed by atoms with E-state index < -0.39 is 11.7 Å². The lowest BCUT2D eigenvalue weighted by Gasteiger charge is -2.21. The number of halogens is 1. The van der Waals surface area contributed by atoms with Gasteiger partial charge in [-0.15, -0.1) is 0 Å². The summed E-state index contributed by atoms with van der Waals surface area (Å²) in [6.45, 7) is 4.19. The van der Waals surface area contributed by atoms with E-state index in [1.807, 2.05) is 6.20 Å². The number of aromatic amines is 1. The summed E-state index contributed by atoms with van der Waals surface area (Å²) in [6, 6.07) is 2.83. The zero-order valence-electron chi connectivity index (χ0n) is 12.8. The van der Waals surface area contributed by atoms with E-state index in [9.17, 15) is 9.18 Å². The van der Waals surface area contributed by atoms with Gasteiger partial charge in [0, 0.05) is 11.6 Å². The summed E-state index contributed by atoms with van der Waals surface area (Å²) in [5.41, 5.74) is 8.49. The van der Waals surface area contributed by atoms with E-state index in [1.54, 1.807) is 4.52 Å². The van der Waals surface area contributed by atoms with E-state index in [4.69, 9.17) is 5.73 Å². The van der Waals surface area contributed by atoms with Gasteiger partial charge in [-0.1, -0.05) is 6.92 Å². The molecule has 1 amide bonds. The molecule has 1 aliphatic rings. The second-order valence-electron chi connectivity index (χ2n) is 5.99. The van der Waals surface area contributed by atoms with Crippen molar-refractivity contribution >= 4 is 22.6 Å². The summed E-state index contributed by atoms with van der Waals surface area (Å²) in [5.74, 6) is -1.16. The first-order valence-electron chi connectivity index (χ1n) is 7.83. The van der Waals surface area contributed by atoms with Crippen molar-refractivity contribution in [3.63, 3.8) is 0 Å². The quantitative estimate of drug-likeness (QED) is 0.777. The fraction of sp³-hybridized carbons (Fsp3) is 0.375. The van der Waals surface area contributed by atoms with Crippen LogP contribution in [0.4, 0.5) is 4.39 Å². The highest BCUT2D eigenvalue weighted by molar-refractivity contribution is 6.05. The fourth-order valence-corrected chi connectivity index (χ4v) is 3.69. The molecular formula is C16H18FN5O. The van der Waals surface area contributed by atoms with Gasteiger partial charge in [0.15, 0.2) is 0 Å². The number of aromatic nitrogens is 3. The van der Waals surface area contributed by atoms with Crippen molar-refractivity contribution in [1.82, 2.24) is 19.5 Å². The van der Waals surface area contributed by atoms with Gasteiger partial charge in [0.1, 0.15) is 17.0 Å². The van der Waals surface area contributed by atoms with Gasteiger partial charge in [0.2, 0.25) is 0 Å². The monoisotopic (exact) mass is 315 g/mol. The molecule has 0 aliphatic carbocycles. The topological polar surface area (TPSA) is 79.4 Å². The summed E-state index contributed by atoms with van der Waals surface area (Å²) in [7, 11) is 0. The Kier molecular flexibility index (Phi) is 3.12. The molecule has 6 nitrogen and oxygen atoms in total. The van der Waals surface area contributed by atoms with Crippen LogP contribution >= 0.6 is 0 Å². The number of rotatable bonds is 3. The van der Waals surface area contributed by atoms with Gasteiger partial charge in [0.25, 0.3) is 5.91 Å². The predicted molar refractivity (Wildman–Crippen MR) is 84.7 cm³/mol. The predicted octanol–water partition coefficient (Wildman–Crippen LogP) is 2.21. The number of nitrogens with two attached hydrogens (primary N) is 1. The van der Waals surface area contributed by atoms with Gasteiger partial charge in [-0.25, -0.2) is 8.91 Å². The Morgan fingerprint density at radius 3 is 3.09 bits per heavy atom. The molecule has 4 rings (SSSR count). The molecule has 3 N–H and O–H groups in total. The average Bonchev–Trinajstić information content (AvgIpc) is 3.19. The van der Waals surface area contributed by atoms with Crippen LogP contribution in [-0.4, -0.2) is 38.5 Å². The van der Waals surface area contributed by atoms with Crippen LogP contribution in [0.3, 0.4) is 0 Å². The molecule has 1 saturated heterocycles. The summed E-state index contributed by atoms with van der Waals surface area (Å²) in [6.07, 6.45) is 4.05. The van der Waals surface area contributed by atoms with Crippen molar-refractivity contribution in [2.45, 2.75) is 25.8 Å². The van der Waals surface area contributed by atoms with Crippen LogP contribution in [0, 0.1) is 5.82 Å². The molecule has 0 radical (unpaired) electrons. The Bertz CT molecular complexity index is 912. The van der Waals surface area contributed by atoms with E-state index in [2.05, 4.69) is 21.9 Å². The Labute approximate surface area is 132 Å². The number of fused-ring (bicyclic) bond motifs is 3. The van der Waals surface area contributed by atoms with Crippen LogP contribution in [0.5, 0.6) is 0 Å². The first kappa shape index (κ1) is 14.2. The molecule has 1 atom stereocenters. The molecule has 1 aromatic carbocycles. The lowest BCUT2D eigenvalue weighted by Crippen LogP contribution is -2.22. The van der Waals surface area contributed by atoms with E-state index in [1.165, 1.54) is 6.07 Å². The van der Waals surface area contributed by atoms with Crippen molar-refractivity contribution in [2.75, 3.05) is 13.1 Å². The molecule has 2 aromatic heterocycles. The number of benzene rings is 1. The first-order chi connectivity index (χ1) is 11.1. The molecule has 3 heterocycles. The van der Waals surface area contributed by atoms with Crippen molar-refractivity contribution < 1.29 is 9.18 Å². The third-order valence-corrected chi connectivity index (χ3v) is 4.73. The summed E-state index contributed by atoms with van der Waals surface area (Å²) in [4.78, 5) is 17.3. The van der Waals surface area contributed by atoms with Crippen molar-refractivity contribution in [3.8, 4) is 0 Å². The molecule has 0 bridgehead atoms. The van der Waals surface area contributed by atoms with Crippen molar-refractivity contribution in [3.05, 3.63) is 35.3 Å². The largest absolute Gasteiger partial charge is 0.366 e. The van der Waals surface area contributed by atoms with E-state index in [-0.39, 0.29) is 5.56 Å². The number of carbonyl (C=O) groups is 1. The van der Waals surface area contributed by atoms with Gasteiger partial charge >= 0.3 is 0 Å². The highest BCUT2D eigenvalue weighted by atomic mass is 19.1. The molecule has 0 spiro atoms. The number of amides is 1. The van der Waals surface area contributed by atoms with Gasteiger partial charge in [-0.3, -0.25) is 9.69 Å². The van der Waals surface area contributed by atoms with Gasteiger partial charge in [-0.05, 0) is 38.1 Å². The minimum Gasteiger partial charge on any atom is -0.366 e. The second kappa shape index (κ2) is 5.06. The Morgan fingerprint density at radius 1 is 1.52 bits per heavy atom. The minimum absolute atomic E-state index is 0.139. The molecule has 1 fully saturated rings. The van der Waals surface area contributed by atoms with Crippen LogP contribution < -0.4 is 5.73 Å². The molecule has 7 heteroatoms. The Hall–Kier alpha value is -2.41. The second-order valence-corrected chi connectivity index (χ2v) is 5.99. The molecule has 120 valence electrons. The molecular weight excluding hydrogens is 297 g/mol. The lowest BCUT2D eigenvalue weighted by atomic mass is 10.1. The summed E-state index contributed by atoms with van der Waals surface area (Å²) < 4.78 is 15.4. The van der Waals surface area contributed by atoms with Crippen LogP contribution in [0.15, 0.2) is 18.3 Å². The van der Waals surface area contributed by atoms with E-state index >= 15 is 0 Å². The zero-order valence-corrected chi connectivity index (χ0v) is 12.8. The van der Waals surface area contributed by atoms with E-state index in [0.717, 1.165) is 43.2 Å². The molecule has 3 aromatic rings. The average molecular weight is 315 g/mol. The number of imidazole rings is 1. The number of hydrogen-bond acceptors (Lipinski definition) is 3. The summed E-state index contributed by atoms with van der Waals surface area (Å²) in [5, 5.41) is 4.42. The highest BCUT2D eigenvalue weighted by Gasteiger charge is 2.28. The number of likely N-dealkylation sites (tertiary alicyclic amines) is 1. The zero-order chi connectivity index (χ0) is 16.1. The Morgan fingerprint density at radius 2 is 2.35 bits per heavy atom. The van der Waals surface area contributed by atoms with Crippen LogP contribution in [0.25, 0.3) is 16.7 Å². The molecule has 23 heavy (non-hydrogen) atoms. The van der Waals surface area contributed by atoms with Crippen LogP contribution in [0.1, 0.15) is 41.7 Å². The first-order valence-corrected chi connectivity index (χ1v) is 7.83. The number of hydrogen-bond donors (Lipinski definition) is 2. The maximum Gasteiger partial charge on any atom is 0.251 e. The lowest BCUT2D eigenvalue weighted by molar-refractivity contribution is 0.100. The Balaban J connectivity index is 1.97. The number of carbonyl (C=O) groups excluding carboxylic acids is 1. The third kappa shape index (κ3) is 2.03. The number of nitrogens with one attached hydrogen (secondary N) is 1. The highest BCUT2D eigenvalue weighted by Crippen LogP contribution is 2.35. The normalized spacial score (nSPS) is 19.1. The maximum atomic E-state index is 13.7. The molecule has 1 aliphatic heterocycles. The van der Waals surface area contributed by atoms with Gasteiger partial charge in [-0.2, -0.15) is 5.10 Å². The minimum atomic E-state index is -0.663. The van der Waals surface area contributed by atoms with E-state index in [0.29, 0.717) is 17.1 Å². The summed E-state index contributed by atoms with van der Waals surface area (Å²) >= 11 is 0. The van der Waals surface area contributed by atoms with Crippen LogP contribution in [-0.2, 0) is 0 Å². The molecule has 1 unspecified atom stereocenters. The maximum absolute atomic E-state index is 13.7. The van der Waals surface area contributed by atoms with Crippen LogP contribution in [0.2, 0.25) is 0 Å². The fourth-order valence-electron chi connectivity index (χ4n) is 3.69. The van der Waals surface area contributed by atoms with Gasteiger partial charge < -0.3 is 10.7 Å². The SMILES string of the molecule is CCN1CCCC1c1cnn2c1[nH]c1cc(F)cc(C(N)=O)c12. The van der Waals surface area contributed by atoms with Crippen molar-refractivity contribution in [1.29, 1.82) is 0 Å².